The monoisotopic (exact) mass is 371 g/mol. The molecular weight excluding hydrogens is 354 g/mol. The van der Waals surface area contributed by atoms with Crippen LogP contribution in [0.2, 0.25) is 0 Å². The van der Waals surface area contributed by atoms with Gasteiger partial charge in [-0.15, -0.1) is 21.5 Å². The number of rotatable bonds is 7. The number of amides is 1. The fourth-order valence-corrected chi connectivity index (χ4v) is 3.91. The summed E-state index contributed by atoms with van der Waals surface area (Å²) in [4.78, 5) is 13.5. The SMILES string of the molecule is O=C(CSc1nnc(C2CC2)o1)N[C@H](c1ccccc1)c1cccs1. The maximum absolute atomic E-state index is 12.4. The molecule has 1 aliphatic carbocycles. The second-order valence-corrected chi connectivity index (χ2v) is 7.80. The maximum Gasteiger partial charge on any atom is 0.277 e. The van der Waals surface area contributed by atoms with Crippen molar-refractivity contribution >= 4 is 29.0 Å². The van der Waals surface area contributed by atoms with E-state index in [2.05, 4.69) is 15.5 Å². The van der Waals surface area contributed by atoms with Gasteiger partial charge in [0.15, 0.2) is 0 Å². The summed E-state index contributed by atoms with van der Waals surface area (Å²) in [7, 11) is 0. The minimum absolute atomic E-state index is 0.0570. The Morgan fingerprint density at radius 3 is 2.80 bits per heavy atom. The van der Waals surface area contributed by atoms with Gasteiger partial charge in [0.05, 0.1) is 11.8 Å². The van der Waals surface area contributed by atoms with Gasteiger partial charge in [0.25, 0.3) is 5.22 Å². The Hall–Kier alpha value is -2.12. The first kappa shape index (κ1) is 16.4. The van der Waals surface area contributed by atoms with Crippen LogP contribution in [0.1, 0.15) is 41.1 Å². The number of hydrogen-bond donors (Lipinski definition) is 1. The van der Waals surface area contributed by atoms with E-state index in [1.54, 1.807) is 11.3 Å². The van der Waals surface area contributed by atoms with Gasteiger partial charge in [0.2, 0.25) is 11.8 Å². The van der Waals surface area contributed by atoms with Gasteiger partial charge in [-0.3, -0.25) is 4.79 Å². The van der Waals surface area contributed by atoms with Gasteiger partial charge >= 0.3 is 0 Å². The Morgan fingerprint density at radius 1 is 1.24 bits per heavy atom. The van der Waals surface area contributed by atoms with E-state index in [0.29, 0.717) is 17.0 Å². The number of carbonyl (C=O) groups is 1. The van der Waals surface area contributed by atoms with Crippen molar-refractivity contribution in [1.82, 2.24) is 15.5 Å². The van der Waals surface area contributed by atoms with Gasteiger partial charge in [-0.1, -0.05) is 48.2 Å². The molecule has 7 heteroatoms. The van der Waals surface area contributed by atoms with Gasteiger partial charge in [-0.05, 0) is 29.9 Å². The molecule has 0 radical (unpaired) electrons. The van der Waals surface area contributed by atoms with Crippen molar-refractivity contribution in [2.45, 2.75) is 30.0 Å². The van der Waals surface area contributed by atoms with Gasteiger partial charge in [0, 0.05) is 10.8 Å². The molecule has 5 nitrogen and oxygen atoms in total. The van der Waals surface area contributed by atoms with E-state index in [1.165, 1.54) is 11.8 Å². The quantitative estimate of drug-likeness (QED) is 0.636. The third-order valence-electron chi connectivity index (χ3n) is 3.94. The van der Waals surface area contributed by atoms with Crippen LogP contribution in [0, 0.1) is 0 Å². The first-order chi connectivity index (χ1) is 12.3. The Labute approximate surface area is 153 Å². The molecule has 1 aliphatic rings. The lowest BCUT2D eigenvalue weighted by Gasteiger charge is -2.17. The average molecular weight is 371 g/mol. The topological polar surface area (TPSA) is 68.0 Å². The predicted molar refractivity (Wildman–Crippen MR) is 97.7 cm³/mol. The Morgan fingerprint density at radius 2 is 2.08 bits per heavy atom. The molecular formula is C18H17N3O2S2. The zero-order valence-electron chi connectivity index (χ0n) is 13.4. The van der Waals surface area contributed by atoms with E-state index in [4.69, 9.17) is 4.42 Å². The van der Waals surface area contributed by atoms with Crippen LogP contribution in [0.3, 0.4) is 0 Å². The maximum atomic E-state index is 12.4. The number of aromatic nitrogens is 2. The van der Waals surface area contributed by atoms with E-state index >= 15 is 0 Å². The summed E-state index contributed by atoms with van der Waals surface area (Å²) in [6.07, 6.45) is 2.23. The van der Waals surface area contributed by atoms with E-state index in [9.17, 15) is 4.79 Å². The van der Waals surface area contributed by atoms with Gasteiger partial charge < -0.3 is 9.73 Å². The highest BCUT2D eigenvalue weighted by molar-refractivity contribution is 7.99. The zero-order valence-corrected chi connectivity index (χ0v) is 15.1. The summed E-state index contributed by atoms with van der Waals surface area (Å²) < 4.78 is 5.58. The molecule has 0 saturated heterocycles. The van der Waals surface area contributed by atoms with E-state index in [1.807, 2.05) is 47.8 Å². The third-order valence-corrected chi connectivity index (χ3v) is 5.70. The number of carbonyl (C=O) groups excluding carboxylic acids is 1. The smallest absolute Gasteiger partial charge is 0.277 e. The van der Waals surface area contributed by atoms with Crippen LogP contribution >= 0.6 is 23.1 Å². The Balaban J connectivity index is 1.40. The summed E-state index contributed by atoms with van der Waals surface area (Å²) in [5.74, 6) is 1.32. The molecule has 1 fully saturated rings. The molecule has 25 heavy (non-hydrogen) atoms. The molecule has 1 atom stereocenters. The van der Waals surface area contributed by atoms with Crippen LogP contribution < -0.4 is 5.32 Å². The highest BCUT2D eigenvalue weighted by atomic mass is 32.2. The molecule has 0 aliphatic heterocycles. The van der Waals surface area contributed by atoms with Crippen LogP contribution in [-0.4, -0.2) is 21.9 Å². The Kier molecular flexibility index (Phi) is 4.85. The van der Waals surface area contributed by atoms with Crippen molar-refractivity contribution in [3.05, 3.63) is 64.2 Å². The van der Waals surface area contributed by atoms with Crippen molar-refractivity contribution in [1.29, 1.82) is 0 Å². The number of thiophene rings is 1. The van der Waals surface area contributed by atoms with E-state index in [0.717, 1.165) is 23.3 Å². The first-order valence-corrected chi connectivity index (χ1v) is 10.00. The summed E-state index contributed by atoms with van der Waals surface area (Å²) in [5, 5.41) is 13.6. The molecule has 1 saturated carbocycles. The molecule has 1 N–H and O–H groups in total. The van der Waals surface area contributed by atoms with Gasteiger partial charge in [-0.2, -0.15) is 0 Å². The molecule has 128 valence electrons. The van der Waals surface area contributed by atoms with Crippen LogP contribution in [-0.2, 0) is 4.79 Å². The molecule has 0 spiro atoms. The molecule has 1 aromatic carbocycles. The zero-order chi connectivity index (χ0) is 17.1. The summed E-state index contributed by atoms with van der Waals surface area (Å²) in [5.41, 5.74) is 1.07. The second-order valence-electron chi connectivity index (χ2n) is 5.90. The van der Waals surface area contributed by atoms with Crippen molar-refractivity contribution in [3.8, 4) is 0 Å². The normalized spacial score (nSPS) is 15.0. The lowest BCUT2D eigenvalue weighted by atomic mass is 10.1. The van der Waals surface area contributed by atoms with Crippen molar-refractivity contribution in [2.24, 2.45) is 0 Å². The standard InChI is InChI=1S/C18H17N3O2S2/c22-15(11-25-18-21-20-17(23-18)13-8-9-13)19-16(14-7-4-10-24-14)12-5-2-1-3-6-12/h1-7,10,13,16H,8-9,11H2,(H,19,22)/t16-/m1/s1. The molecule has 1 amide bonds. The second kappa shape index (κ2) is 7.41. The molecule has 2 aromatic heterocycles. The average Bonchev–Trinajstić information content (AvgIpc) is 3.15. The summed E-state index contributed by atoms with van der Waals surface area (Å²) >= 11 is 2.91. The van der Waals surface area contributed by atoms with Crippen LogP contribution in [0.25, 0.3) is 0 Å². The number of hydrogen-bond acceptors (Lipinski definition) is 6. The molecule has 0 bridgehead atoms. The highest BCUT2D eigenvalue weighted by Gasteiger charge is 2.29. The van der Waals surface area contributed by atoms with Crippen molar-refractivity contribution in [2.75, 3.05) is 5.75 Å². The lowest BCUT2D eigenvalue weighted by molar-refractivity contribution is -0.119. The number of benzene rings is 1. The molecule has 3 aromatic rings. The summed E-state index contributed by atoms with van der Waals surface area (Å²) in [6.45, 7) is 0. The lowest BCUT2D eigenvalue weighted by Crippen LogP contribution is -2.30. The third kappa shape index (κ3) is 4.11. The molecule has 4 rings (SSSR count). The fraction of sp³-hybridized carbons (Fsp3) is 0.278. The molecule has 2 heterocycles. The minimum atomic E-state index is -0.140. The van der Waals surface area contributed by atoms with Crippen LogP contribution in [0.15, 0.2) is 57.5 Å². The van der Waals surface area contributed by atoms with Crippen molar-refractivity contribution in [3.63, 3.8) is 0 Å². The van der Waals surface area contributed by atoms with Gasteiger partial charge in [-0.25, -0.2) is 0 Å². The largest absolute Gasteiger partial charge is 0.416 e. The number of nitrogens with one attached hydrogen (secondary N) is 1. The summed E-state index contributed by atoms with van der Waals surface area (Å²) in [6, 6.07) is 13.9. The van der Waals surface area contributed by atoms with Gasteiger partial charge in [0.1, 0.15) is 0 Å². The van der Waals surface area contributed by atoms with E-state index < -0.39 is 0 Å². The highest BCUT2D eigenvalue weighted by Crippen LogP contribution is 2.39. The first-order valence-electron chi connectivity index (χ1n) is 8.13. The fourth-order valence-electron chi connectivity index (χ4n) is 2.52. The predicted octanol–water partition coefficient (Wildman–Crippen LogP) is 4.01. The number of thioether (sulfide) groups is 1. The van der Waals surface area contributed by atoms with Crippen LogP contribution in [0.5, 0.6) is 0 Å². The van der Waals surface area contributed by atoms with E-state index in [-0.39, 0.29) is 17.7 Å². The minimum Gasteiger partial charge on any atom is -0.416 e. The van der Waals surface area contributed by atoms with Crippen molar-refractivity contribution < 1.29 is 9.21 Å². The Bertz CT molecular complexity index is 829. The molecule has 0 unspecified atom stereocenters. The number of nitrogens with zero attached hydrogens (tertiary/aromatic N) is 2. The van der Waals surface area contributed by atoms with Crippen LogP contribution in [0.4, 0.5) is 0 Å².